The first-order chi connectivity index (χ1) is 17.1. The van der Waals surface area contributed by atoms with Crippen molar-refractivity contribution in [2.45, 2.75) is 19.6 Å². The molecule has 0 saturated carbocycles. The average molecular weight is 495 g/mol. The van der Waals surface area contributed by atoms with Crippen LogP contribution in [-0.4, -0.2) is 51.1 Å². The molecule has 0 bridgehead atoms. The number of morpholine rings is 1. The molecule has 9 heteroatoms. The van der Waals surface area contributed by atoms with Gasteiger partial charge in [-0.15, -0.1) is 11.3 Å². The molecular weight excluding hydrogens is 468 g/mol. The van der Waals surface area contributed by atoms with E-state index in [1.54, 1.807) is 13.0 Å². The van der Waals surface area contributed by atoms with Crippen LogP contribution in [0.1, 0.15) is 22.2 Å². The molecule has 0 unspecified atom stereocenters. The largest absolute Gasteiger partial charge is 0.454 e. The number of esters is 1. The fourth-order valence-corrected chi connectivity index (χ4v) is 5.08. The van der Waals surface area contributed by atoms with E-state index in [1.807, 2.05) is 48.5 Å². The first-order valence-corrected chi connectivity index (χ1v) is 12.3. The van der Waals surface area contributed by atoms with Gasteiger partial charge in [0.2, 0.25) is 6.79 Å². The molecule has 3 heterocycles. The Balaban J connectivity index is 1.25. The third-order valence-corrected chi connectivity index (χ3v) is 7.03. The van der Waals surface area contributed by atoms with Gasteiger partial charge in [-0.3, -0.25) is 4.79 Å². The van der Waals surface area contributed by atoms with Crippen LogP contribution in [0.15, 0.2) is 54.6 Å². The normalized spacial score (nSPS) is 15.5. The molecule has 1 N–H and O–H groups in total. The van der Waals surface area contributed by atoms with Gasteiger partial charge in [-0.1, -0.05) is 36.4 Å². The summed E-state index contributed by atoms with van der Waals surface area (Å²) < 4.78 is 21.7. The van der Waals surface area contributed by atoms with E-state index in [0.29, 0.717) is 29.6 Å². The van der Waals surface area contributed by atoms with Crippen molar-refractivity contribution in [3.63, 3.8) is 0 Å². The van der Waals surface area contributed by atoms with Crippen molar-refractivity contribution in [3.8, 4) is 22.6 Å². The van der Waals surface area contributed by atoms with Crippen LogP contribution in [0, 0.1) is 0 Å². The van der Waals surface area contributed by atoms with Crippen LogP contribution >= 0.6 is 11.3 Å². The SMILES string of the molecule is C[C@@H](OC(=O)c1cc(-c2ccccc2)c(N2CCOCC2)s1)C(=O)NCc1ccc2c(c1)OCO2. The lowest BCUT2D eigenvalue weighted by atomic mass is 10.1. The summed E-state index contributed by atoms with van der Waals surface area (Å²) in [6.07, 6.45) is -0.939. The number of ether oxygens (including phenoxy) is 4. The number of rotatable bonds is 7. The summed E-state index contributed by atoms with van der Waals surface area (Å²) in [7, 11) is 0. The Morgan fingerprint density at radius 1 is 1.06 bits per heavy atom. The minimum absolute atomic E-state index is 0.195. The predicted molar refractivity (Wildman–Crippen MR) is 132 cm³/mol. The number of hydrogen-bond acceptors (Lipinski definition) is 8. The summed E-state index contributed by atoms with van der Waals surface area (Å²) in [5.74, 6) is 0.450. The molecule has 1 saturated heterocycles. The van der Waals surface area contributed by atoms with Gasteiger partial charge in [-0.05, 0) is 36.2 Å². The standard InChI is InChI=1S/C26H26N2O6S/c1-17(24(29)27-15-18-7-8-21-22(13-18)33-16-32-21)34-26(30)23-14-20(19-5-3-2-4-6-19)25(35-23)28-9-11-31-12-10-28/h2-8,13-14,17H,9-12,15-16H2,1H3,(H,27,29)/t17-/m1/s1. The number of nitrogens with one attached hydrogen (secondary N) is 1. The third-order valence-electron chi connectivity index (χ3n) is 5.85. The smallest absolute Gasteiger partial charge is 0.349 e. The van der Waals surface area contributed by atoms with Crippen LogP contribution in [0.2, 0.25) is 0 Å². The van der Waals surface area contributed by atoms with Crippen LogP contribution < -0.4 is 19.7 Å². The fourth-order valence-electron chi connectivity index (χ4n) is 3.96. The molecule has 8 nitrogen and oxygen atoms in total. The van der Waals surface area contributed by atoms with Crippen LogP contribution in [-0.2, 0) is 20.8 Å². The molecule has 3 aromatic rings. The van der Waals surface area contributed by atoms with Gasteiger partial charge in [0, 0.05) is 25.2 Å². The summed E-state index contributed by atoms with van der Waals surface area (Å²) in [5, 5.41) is 3.82. The molecule has 5 rings (SSSR count). The zero-order valence-corrected chi connectivity index (χ0v) is 20.1. The number of carbonyl (C=O) groups is 2. The molecule has 1 aromatic heterocycles. The Labute approximate surface area is 207 Å². The maximum Gasteiger partial charge on any atom is 0.349 e. The quantitative estimate of drug-likeness (QED) is 0.500. The second-order valence-electron chi connectivity index (χ2n) is 8.25. The average Bonchev–Trinajstić information content (AvgIpc) is 3.55. The van der Waals surface area contributed by atoms with E-state index in [-0.39, 0.29) is 19.2 Å². The van der Waals surface area contributed by atoms with Crippen molar-refractivity contribution in [1.82, 2.24) is 5.32 Å². The highest BCUT2D eigenvalue weighted by atomic mass is 32.1. The summed E-state index contributed by atoms with van der Waals surface area (Å²) >= 11 is 1.38. The molecule has 2 aliphatic heterocycles. The Morgan fingerprint density at radius 2 is 1.83 bits per heavy atom. The van der Waals surface area contributed by atoms with Gasteiger partial charge >= 0.3 is 5.97 Å². The molecule has 1 fully saturated rings. The van der Waals surface area contributed by atoms with Crippen molar-refractivity contribution in [3.05, 3.63) is 65.0 Å². The number of nitrogens with zero attached hydrogens (tertiary/aromatic N) is 1. The summed E-state index contributed by atoms with van der Waals surface area (Å²) in [6, 6.07) is 17.3. The number of thiophene rings is 1. The zero-order chi connectivity index (χ0) is 24.2. The molecule has 2 aromatic carbocycles. The number of fused-ring (bicyclic) bond motifs is 1. The minimum atomic E-state index is -0.939. The Kier molecular flexibility index (Phi) is 6.87. The molecule has 2 aliphatic rings. The molecule has 1 atom stereocenters. The van der Waals surface area contributed by atoms with Gasteiger partial charge < -0.3 is 29.2 Å². The lowest BCUT2D eigenvalue weighted by Gasteiger charge is -2.28. The Bertz CT molecular complexity index is 1210. The van der Waals surface area contributed by atoms with Crippen molar-refractivity contribution in [1.29, 1.82) is 0 Å². The second kappa shape index (κ2) is 10.4. The predicted octanol–water partition coefficient (Wildman–Crippen LogP) is 3.84. The Morgan fingerprint density at radius 3 is 2.63 bits per heavy atom. The van der Waals surface area contributed by atoms with E-state index in [1.165, 1.54) is 11.3 Å². The molecule has 1 amide bonds. The van der Waals surface area contributed by atoms with Crippen LogP contribution in [0.5, 0.6) is 11.5 Å². The molecule has 182 valence electrons. The number of carbonyl (C=O) groups excluding carboxylic acids is 2. The van der Waals surface area contributed by atoms with Gasteiger partial charge in [0.25, 0.3) is 5.91 Å². The van der Waals surface area contributed by atoms with Crippen LogP contribution in [0.4, 0.5) is 5.00 Å². The third kappa shape index (κ3) is 5.26. The summed E-state index contributed by atoms with van der Waals surface area (Å²) in [4.78, 5) is 28.3. The fraction of sp³-hybridized carbons (Fsp3) is 0.308. The van der Waals surface area contributed by atoms with Crippen molar-refractivity contribution < 1.29 is 28.5 Å². The van der Waals surface area contributed by atoms with E-state index in [9.17, 15) is 9.59 Å². The van der Waals surface area contributed by atoms with E-state index < -0.39 is 12.1 Å². The lowest BCUT2D eigenvalue weighted by Crippen LogP contribution is -2.36. The lowest BCUT2D eigenvalue weighted by molar-refractivity contribution is -0.129. The maximum absolute atomic E-state index is 13.0. The van der Waals surface area contributed by atoms with E-state index in [0.717, 1.165) is 34.8 Å². The molecular formula is C26H26N2O6S. The minimum Gasteiger partial charge on any atom is -0.454 e. The molecule has 0 radical (unpaired) electrons. The zero-order valence-electron chi connectivity index (χ0n) is 19.3. The van der Waals surface area contributed by atoms with Gasteiger partial charge in [-0.25, -0.2) is 4.79 Å². The Hall–Kier alpha value is -3.56. The number of anilines is 1. The van der Waals surface area contributed by atoms with Gasteiger partial charge in [0.15, 0.2) is 17.6 Å². The second-order valence-corrected chi connectivity index (χ2v) is 9.28. The van der Waals surface area contributed by atoms with Gasteiger partial charge in [0.1, 0.15) is 4.88 Å². The highest BCUT2D eigenvalue weighted by molar-refractivity contribution is 7.18. The van der Waals surface area contributed by atoms with Gasteiger partial charge in [0.05, 0.1) is 18.2 Å². The maximum atomic E-state index is 13.0. The van der Waals surface area contributed by atoms with Crippen molar-refractivity contribution >= 4 is 28.2 Å². The monoisotopic (exact) mass is 494 g/mol. The van der Waals surface area contributed by atoms with E-state index in [2.05, 4.69) is 10.2 Å². The first-order valence-electron chi connectivity index (χ1n) is 11.5. The topological polar surface area (TPSA) is 86.3 Å². The molecule has 0 aliphatic carbocycles. The van der Waals surface area contributed by atoms with E-state index >= 15 is 0 Å². The van der Waals surface area contributed by atoms with Crippen molar-refractivity contribution in [2.75, 3.05) is 38.0 Å². The number of benzene rings is 2. The van der Waals surface area contributed by atoms with Crippen LogP contribution in [0.25, 0.3) is 11.1 Å². The molecule has 0 spiro atoms. The summed E-state index contributed by atoms with van der Waals surface area (Å²) in [6.45, 7) is 4.86. The van der Waals surface area contributed by atoms with Crippen LogP contribution in [0.3, 0.4) is 0 Å². The highest BCUT2D eigenvalue weighted by Gasteiger charge is 2.25. The first kappa shape index (κ1) is 23.2. The molecule has 35 heavy (non-hydrogen) atoms. The van der Waals surface area contributed by atoms with E-state index in [4.69, 9.17) is 18.9 Å². The van der Waals surface area contributed by atoms with Gasteiger partial charge in [-0.2, -0.15) is 0 Å². The summed E-state index contributed by atoms with van der Waals surface area (Å²) in [5.41, 5.74) is 2.87. The number of hydrogen-bond donors (Lipinski definition) is 1. The number of amides is 1. The highest BCUT2D eigenvalue weighted by Crippen LogP contribution is 2.39. The van der Waals surface area contributed by atoms with Crippen molar-refractivity contribution in [2.24, 2.45) is 0 Å².